The quantitative estimate of drug-likeness (QED) is 0.571. The molecule has 0 N–H and O–H groups in total. The Morgan fingerprint density at radius 1 is 1.50 bits per heavy atom. The summed E-state index contributed by atoms with van der Waals surface area (Å²) < 4.78 is 9.95. The van der Waals surface area contributed by atoms with E-state index in [9.17, 15) is 4.79 Å². The van der Waals surface area contributed by atoms with Crippen LogP contribution < -0.4 is 4.74 Å². The summed E-state index contributed by atoms with van der Waals surface area (Å²) in [5.74, 6) is 0.490. The van der Waals surface area contributed by atoms with E-state index in [2.05, 4.69) is 0 Å². The third kappa shape index (κ3) is 2.47. The van der Waals surface area contributed by atoms with E-state index in [1.165, 1.54) is 7.11 Å². The zero-order valence-corrected chi connectivity index (χ0v) is 8.80. The van der Waals surface area contributed by atoms with Crippen molar-refractivity contribution in [2.24, 2.45) is 0 Å². The molecule has 0 bridgehead atoms. The van der Waals surface area contributed by atoms with Gasteiger partial charge in [-0.15, -0.1) is 0 Å². The van der Waals surface area contributed by atoms with Crippen LogP contribution in [-0.4, -0.2) is 20.2 Å². The molecule has 0 amide bonds. The van der Waals surface area contributed by atoms with Crippen LogP contribution in [0.15, 0.2) is 12.1 Å². The van der Waals surface area contributed by atoms with Crippen molar-refractivity contribution < 1.29 is 14.3 Å². The fourth-order valence-electron chi connectivity index (χ4n) is 1.01. The lowest BCUT2D eigenvalue weighted by atomic mass is 10.1. The van der Waals surface area contributed by atoms with Gasteiger partial charge in [-0.2, -0.15) is 0 Å². The van der Waals surface area contributed by atoms with Crippen molar-refractivity contribution in [2.45, 2.75) is 6.92 Å². The van der Waals surface area contributed by atoms with Gasteiger partial charge in [0.2, 0.25) is 0 Å². The number of carbonyl (C=O) groups excluding carboxylic acids is 1. The molecule has 1 aromatic carbocycles. The van der Waals surface area contributed by atoms with Crippen LogP contribution in [0, 0.1) is 6.92 Å². The number of carbonyl (C=O) groups is 1. The number of halogens is 1. The first-order chi connectivity index (χ1) is 6.69. The molecule has 0 aliphatic rings. The molecule has 0 atom stereocenters. The molecule has 1 aromatic rings. The monoisotopic (exact) mass is 214 g/mol. The summed E-state index contributed by atoms with van der Waals surface area (Å²) >= 11 is 5.85. The van der Waals surface area contributed by atoms with Crippen molar-refractivity contribution in [1.82, 2.24) is 0 Å². The molecule has 4 heteroatoms. The van der Waals surface area contributed by atoms with Crippen LogP contribution in [0.4, 0.5) is 0 Å². The van der Waals surface area contributed by atoms with Crippen LogP contribution in [0.1, 0.15) is 15.9 Å². The maximum atomic E-state index is 10.7. The first-order valence-corrected chi connectivity index (χ1v) is 4.44. The van der Waals surface area contributed by atoms with Crippen molar-refractivity contribution in [3.63, 3.8) is 0 Å². The molecule has 0 saturated heterocycles. The zero-order chi connectivity index (χ0) is 10.6. The summed E-state index contributed by atoms with van der Waals surface area (Å²) in [6.07, 6.45) is 0.705. The van der Waals surface area contributed by atoms with Gasteiger partial charge >= 0.3 is 0 Å². The molecule has 0 heterocycles. The Hall–Kier alpha value is -1.06. The van der Waals surface area contributed by atoms with Gasteiger partial charge in [-0.3, -0.25) is 4.79 Å². The third-order valence-electron chi connectivity index (χ3n) is 1.75. The highest BCUT2D eigenvalue weighted by Gasteiger charge is 2.06. The van der Waals surface area contributed by atoms with Crippen molar-refractivity contribution in [1.29, 1.82) is 0 Å². The van der Waals surface area contributed by atoms with Gasteiger partial charge in [0.25, 0.3) is 0 Å². The Kier molecular flexibility index (Phi) is 3.92. The van der Waals surface area contributed by atoms with Crippen LogP contribution in [0.25, 0.3) is 0 Å². The fraction of sp³-hybridized carbons (Fsp3) is 0.300. The maximum absolute atomic E-state index is 10.7. The van der Waals surface area contributed by atoms with Crippen LogP contribution >= 0.6 is 11.6 Å². The minimum Gasteiger partial charge on any atom is -0.467 e. The van der Waals surface area contributed by atoms with Crippen LogP contribution in [0.5, 0.6) is 5.75 Å². The van der Waals surface area contributed by atoms with E-state index in [0.29, 0.717) is 22.6 Å². The lowest BCUT2D eigenvalue weighted by Crippen LogP contribution is -2.01. The second-order valence-corrected chi connectivity index (χ2v) is 3.22. The van der Waals surface area contributed by atoms with E-state index in [4.69, 9.17) is 21.1 Å². The Balaban J connectivity index is 3.00. The first-order valence-electron chi connectivity index (χ1n) is 4.06. The molecule has 0 saturated carbocycles. The molecule has 3 nitrogen and oxygen atoms in total. The number of rotatable bonds is 4. The number of aryl methyl sites for hydroxylation is 1. The molecule has 14 heavy (non-hydrogen) atoms. The van der Waals surface area contributed by atoms with Gasteiger partial charge in [0.1, 0.15) is 5.75 Å². The third-order valence-corrected chi connectivity index (χ3v) is 2.16. The molecule has 0 fully saturated rings. The van der Waals surface area contributed by atoms with Crippen molar-refractivity contribution in [2.75, 3.05) is 13.9 Å². The maximum Gasteiger partial charge on any atom is 0.188 e. The Morgan fingerprint density at radius 2 is 2.21 bits per heavy atom. The number of benzene rings is 1. The molecule has 0 aliphatic heterocycles. The standard InChI is InChI=1S/C10H11ClO3/c1-7-3-10(14-6-13-2)8(5-12)4-9(7)11/h3-5H,6H2,1-2H3. The average Bonchev–Trinajstić information content (AvgIpc) is 2.19. The second-order valence-electron chi connectivity index (χ2n) is 2.81. The fourth-order valence-corrected chi connectivity index (χ4v) is 1.18. The molecule has 0 radical (unpaired) electrons. The minimum atomic E-state index is 0.113. The second kappa shape index (κ2) is 4.98. The first kappa shape index (κ1) is 11.0. The smallest absolute Gasteiger partial charge is 0.188 e. The molecule has 0 aliphatic carbocycles. The number of hydrogen-bond acceptors (Lipinski definition) is 3. The predicted molar refractivity (Wildman–Crippen MR) is 54.1 cm³/mol. The molecule has 76 valence electrons. The number of aldehydes is 1. The summed E-state index contributed by atoms with van der Waals surface area (Å²) in [7, 11) is 1.52. The lowest BCUT2D eigenvalue weighted by molar-refractivity contribution is 0.0505. The highest BCUT2D eigenvalue weighted by Crippen LogP contribution is 2.25. The van der Waals surface area contributed by atoms with Gasteiger partial charge in [0.05, 0.1) is 5.56 Å². The molecular weight excluding hydrogens is 204 g/mol. The van der Waals surface area contributed by atoms with Crippen molar-refractivity contribution >= 4 is 17.9 Å². The number of methoxy groups -OCH3 is 1. The van der Waals surface area contributed by atoms with Gasteiger partial charge in [-0.1, -0.05) is 11.6 Å². The molecule has 0 aromatic heterocycles. The normalized spacial score (nSPS) is 9.93. The van der Waals surface area contributed by atoms with Crippen LogP contribution in [0.3, 0.4) is 0 Å². The van der Waals surface area contributed by atoms with Crippen molar-refractivity contribution in [3.8, 4) is 5.75 Å². The Bertz CT molecular complexity index is 336. The molecular formula is C10H11ClO3. The molecule has 0 spiro atoms. The topological polar surface area (TPSA) is 35.5 Å². The number of hydrogen-bond donors (Lipinski definition) is 0. The average molecular weight is 215 g/mol. The van der Waals surface area contributed by atoms with Gasteiger partial charge in [-0.25, -0.2) is 0 Å². The predicted octanol–water partition coefficient (Wildman–Crippen LogP) is 2.44. The Labute approximate surface area is 87.6 Å². The Morgan fingerprint density at radius 3 is 2.79 bits per heavy atom. The minimum absolute atomic E-state index is 0.113. The van der Waals surface area contributed by atoms with E-state index in [1.54, 1.807) is 12.1 Å². The van der Waals surface area contributed by atoms with Gasteiger partial charge < -0.3 is 9.47 Å². The SMILES string of the molecule is COCOc1cc(C)c(Cl)cc1C=O. The summed E-state index contributed by atoms with van der Waals surface area (Å²) in [5.41, 5.74) is 1.29. The summed E-state index contributed by atoms with van der Waals surface area (Å²) in [5, 5.41) is 0.553. The highest BCUT2D eigenvalue weighted by molar-refractivity contribution is 6.31. The lowest BCUT2D eigenvalue weighted by Gasteiger charge is -2.08. The van der Waals surface area contributed by atoms with Gasteiger partial charge in [0, 0.05) is 12.1 Å². The summed E-state index contributed by atoms with van der Waals surface area (Å²) in [6, 6.07) is 3.29. The van der Waals surface area contributed by atoms with Gasteiger partial charge in [-0.05, 0) is 24.6 Å². The van der Waals surface area contributed by atoms with E-state index in [-0.39, 0.29) is 6.79 Å². The van der Waals surface area contributed by atoms with E-state index in [1.807, 2.05) is 6.92 Å². The van der Waals surface area contributed by atoms with Crippen LogP contribution in [0.2, 0.25) is 5.02 Å². The number of ether oxygens (including phenoxy) is 2. The van der Waals surface area contributed by atoms with E-state index < -0.39 is 0 Å². The zero-order valence-electron chi connectivity index (χ0n) is 8.04. The highest BCUT2D eigenvalue weighted by atomic mass is 35.5. The van der Waals surface area contributed by atoms with Crippen LogP contribution in [-0.2, 0) is 4.74 Å². The summed E-state index contributed by atoms with van der Waals surface area (Å²) in [6.45, 7) is 1.96. The van der Waals surface area contributed by atoms with Crippen molar-refractivity contribution in [3.05, 3.63) is 28.3 Å². The molecule has 1 rings (SSSR count). The summed E-state index contributed by atoms with van der Waals surface area (Å²) in [4.78, 5) is 10.7. The van der Waals surface area contributed by atoms with E-state index >= 15 is 0 Å². The van der Waals surface area contributed by atoms with E-state index in [0.717, 1.165) is 5.56 Å². The van der Waals surface area contributed by atoms with Gasteiger partial charge in [0.15, 0.2) is 13.1 Å². The molecule has 0 unspecified atom stereocenters. The largest absolute Gasteiger partial charge is 0.467 e.